The highest BCUT2D eigenvalue weighted by atomic mass is 16.2. The van der Waals surface area contributed by atoms with E-state index in [1.165, 1.54) is 11.1 Å². The Hall–Kier alpha value is -2.30. The minimum atomic E-state index is -0.401. The van der Waals surface area contributed by atoms with Crippen molar-refractivity contribution in [2.24, 2.45) is 5.41 Å². The van der Waals surface area contributed by atoms with Crippen LogP contribution in [-0.2, 0) is 11.3 Å². The molecule has 2 saturated heterocycles. The molecule has 2 heterocycles. The van der Waals surface area contributed by atoms with E-state index in [0.29, 0.717) is 32.1 Å². The minimum Gasteiger partial charge on any atom is -0.338 e. The van der Waals surface area contributed by atoms with E-state index < -0.39 is 5.41 Å². The largest absolute Gasteiger partial charge is 0.338 e. The first-order chi connectivity index (χ1) is 12.9. The summed E-state index contributed by atoms with van der Waals surface area (Å²) in [5.41, 5.74) is 2.09. The van der Waals surface area contributed by atoms with Gasteiger partial charge in [-0.25, -0.2) is 4.79 Å². The first-order valence-corrected chi connectivity index (χ1v) is 9.97. The molecule has 5 nitrogen and oxygen atoms in total. The number of carbonyl (C=O) groups excluding carboxylic acids is 2. The molecule has 0 bridgehead atoms. The number of hydrogen-bond donors (Lipinski definition) is 1. The zero-order valence-electron chi connectivity index (χ0n) is 16.5. The highest BCUT2D eigenvalue weighted by molar-refractivity contribution is 5.85. The Bertz CT molecular complexity index is 698. The summed E-state index contributed by atoms with van der Waals surface area (Å²) in [7, 11) is 0. The van der Waals surface area contributed by atoms with E-state index in [1.807, 2.05) is 4.90 Å². The lowest BCUT2D eigenvalue weighted by molar-refractivity contribution is -0.146. The number of urea groups is 1. The Morgan fingerprint density at radius 3 is 2.67 bits per heavy atom. The van der Waals surface area contributed by atoms with Crippen molar-refractivity contribution >= 4 is 11.9 Å². The molecule has 1 aromatic rings. The van der Waals surface area contributed by atoms with E-state index in [-0.39, 0.29) is 11.9 Å². The Morgan fingerprint density at radius 1 is 1.26 bits per heavy atom. The van der Waals surface area contributed by atoms with Crippen molar-refractivity contribution in [3.63, 3.8) is 0 Å². The van der Waals surface area contributed by atoms with E-state index >= 15 is 0 Å². The lowest BCUT2D eigenvalue weighted by Crippen LogP contribution is -2.50. The van der Waals surface area contributed by atoms with Gasteiger partial charge in [-0.15, -0.1) is 6.58 Å². The quantitative estimate of drug-likeness (QED) is 0.808. The molecule has 0 unspecified atom stereocenters. The van der Waals surface area contributed by atoms with Crippen LogP contribution in [0.3, 0.4) is 0 Å². The third-order valence-corrected chi connectivity index (χ3v) is 5.88. The molecule has 3 amide bonds. The van der Waals surface area contributed by atoms with Crippen molar-refractivity contribution < 1.29 is 9.59 Å². The molecule has 2 aliphatic rings. The van der Waals surface area contributed by atoms with E-state index in [0.717, 1.165) is 25.8 Å². The summed E-state index contributed by atoms with van der Waals surface area (Å²) in [5, 5.41) is 2.82. The molecule has 1 spiro atoms. The second kappa shape index (κ2) is 8.15. The average Bonchev–Trinajstić information content (AvgIpc) is 3.09. The number of amides is 3. The van der Waals surface area contributed by atoms with Crippen molar-refractivity contribution in [2.75, 3.05) is 26.2 Å². The lowest BCUT2D eigenvalue weighted by Gasteiger charge is -2.39. The Labute approximate surface area is 162 Å². The van der Waals surface area contributed by atoms with Gasteiger partial charge >= 0.3 is 6.03 Å². The molecule has 1 aromatic carbocycles. The molecule has 0 saturated carbocycles. The average molecular weight is 370 g/mol. The number of piperidine rings is 1. The summed E-state index contributed by atoms with van der Waals surface area (Å²) in [6.07, 6.45) is 4.30. The zero-order valence-corrected chi connectivity index (χ0v) is 16.5. The van der Waals surface area contributed by atoms with Gasteiger partial charge in [0, 0.05) is 32.7 Å². The first kappa shape index (κ1) is 19.5. The fourth-order valence-corrected chi connectivity index (χ4v) is 4.23. The second-order valence-corrected chi connectivity index (χ2v) is 8.15. The van der Waals surface area contributed by atoms with Crippen LogP contribution in [0.1, 0.15) is 50.2 Å². The van der Waals surface area contributed by atoms with Gasteiger partial charge in [0.2, 0.25) is 5.91 Å². The first-order valence-electron chi connectivity index (χ1n) is 9.97. The summed E-state index contributed by atoms with van der Waals surface area (Å²) in [5.74, 6) is 0.719. The van der Waals surface area contributed by atoms with Crippen LogP contribution >= 0.6 is 0 Å². The van der Waals surface area contributed by atoms with Gasteiger partial charge in [-0.05, 0) is 36.3 Å². The van der Waals surface area contributed by atoms with E-state index in [9.17, 15) is 9.59 Å². The van der Waals surface area contributed by atoms with Crippen molar-refractivity contribution in [3.8, 4) is 0 Å². The summed E-state index contributed by atoms with van der Waals surface area (Å²) in [6.45, 7) is 11.1. The van der Waals surface area contributed by atoms with E-state index in [1.54, 1.807) is 11.0 Å². The number of likely N-dealkylation sites (tertiary alicyclic amines) is 2. The van der Waals surface area contributed by atoms with E-state index in [2.05, 4.69) is 50.0 Å². The second-order valence-electron chi connectivity index (χ2n) is 8.15. The maximum atomic E-state index is 13.3. The van der Waals surface area contributed by atoms with Crippen molar-refractivity contribution in [2.45, 2.75) is 45.6 Å². The maximum absolute atomic E-state index is 13.3. The monoisotopic (exact) mass is 369 g/mol. The van der Waals surface area contributed by atoms with Crippen LogP contribution < -0.4 is 5.32 Å². The van der Waals surface area contributed by atoms with Gasteiger partial charge in [0.25, 0.3) is 0 Å². The third-order valence-electron chi connectivity index (χ3n) is 5.88. The number of nitrogens with zero attached hydrogens (tertiary/aromatic N) is 2. The molecule has 27 heavy (non-hydrogen) atoms. The SMILES string of the molecule is C=CCNC(=O)N1CC[C@]2(CCCN(Cc3ccc(C(C)C)cc3)C2=O)C1. The van der Waals surface area contributed by atoms with Gasteiger partial charge in [0.1, 0.15) is 0 Å². The predicted octanol–water partition coefficient (Wildman–Crippen LogP) is 3.52. The molecule has 2 aliphatic heterocycles. The molecule has 5 heteroatoms. The number of benzene rings is 1. The van der Waals surface area contributed by atoms with Crippen LogP contribution in [0.2, 0.25) is 0 Å². The van der Waals surface area contributed by atoms with Gasteiger partial charge in [-0.3, -0.25) is 4.79 Å². The van der Waals surface area contributed by atoms with Gasteiger partial charge in [-0.2, -0.15) is 0 Å². The van der Waals surface area contributed by atoms with Gasteiger partial charge < -0.3 is 15.1 Å². The number of hydrogen-bond acceptors (Lipinski definition) is 2. The van der Waals surface area contributed by atoms with Crippen LogP contribution in [0, 0.1) is 5.41 Å². The third kappa shape index (κ3) is 4.18. The van der Waals surface area contributed by atoms with Gasteiger partial charge in [0.15, 0.2) is 0 Å². The number of rotatable bonds is 5. The molecular formula is C22H31N3O2. The molecule has 1 N–H and O–H groups in total. The molecule has 1 atom stereocenters. The zero-order chi connectivity index (χ0) is 19.4. The summed E-state index contributed by atoms with van der Waals surface area (Å²) in [4.78, 5) is 29.3. The normalized spacial score (nSPS) is 22.6. The predicted molar refractivity (Wildman–Crippen MR) is 107 cm³/mol. The molecule has 0 aromatic heterocycles. The standard InChI is InChI=1S/C22H31N3O2/c1-4-12-23-21(27)25-14-11-22(16-25)10-5-13-24(20(22)26)15-18-6-8-19(9-7-18)17(2)3/h4,6-9,17H,1,5,10-16H2,2-3H3,(H,23,27)/t22-/m1/s1. The van der Waals surface area contributed by atoms with Gasteiger partial charge in [-0.1, -0.05) is 44.2 Å². The van der Waals surface area contributed by atoms with E-state index in [4.69, 9.17) is 0 Å². The van der Waals surface area contributed by atoms with Crippen LogP contribution in [0.4, 0.5) is 4.79 Å². The Balaban J connectivity index is 1.65. The summed E-state index contributed by atoms with van der Waals surface area (Å²) < 4.78 is 0. The maximum Gasteiger partial charge on any atom is 0.317 e. The van der Waals surface area contributed by atoms with Crippen LogP contribution in [-0.4, -0.2) is 47.9 Å². The highest BCUT2D eigenvalue weighted by Crippen LogP contribution is 2.40. The topological polar surface area (TPSA) is 52.7 Å². The fourth-order valence-electron chi connectivity index (χ4n) is 4.23. The van der Waals surface area contributed by atoms with Crippen LogP contribution in [0.15, 0.2) is 36.9 Å². The smallest absolute Gasteiger partial charge is 0.317 e. The Morgan fingerprint density at radius 2 is 2.00 bits per heavy atom. The highest BCUT2D eigenvalue weighted by Gasteiger charge is 2.49. The molecule has 2 fully saturated rings. The fraction of sp³-hybridized carbons (Fsp3) is 0.545. The Kier molecular flexibility index (Phi) is 5.88. The summed E-state index contributed by atoms with van der Waals surface area (Å²) >= 11 is 0. The number of carbonyl (C=O) groups is 2. The molecule has 0 radical (unpaired) electrons. The molecule has 3 rings (SSSR count). The summed E-state index contributed by atoms with van der Waals surface area (Å²) in [6, 6.07) is 8.49. The molecular weight excluding hydrogens is 338 g/mol. The minimum absolute atomic E-state index is 0.0963. The van der Waals surface area contributed by atoms with Crippen LogP contribution in [0.5, 0.6) is 0 Å². The van der Waals surface area contributed by atoms with Crippen LogP contribution in [0.25, 0.3) is 0 Å². The van der Waals surface area contributed by atoms with Crippen molar-refractivity contribution in [1.82, 2.24) is 15.1 Å². The van der Waals surface area contributed by atoms with Crippen molar-refractivity contribution in [3.05, 3.63) is 48.0 Å². The molecule has 146 valence electrons. The molecule has 0 aliphatic carbocycles. The lowest BCUT2D eigenvalue weighted by atomic mass is 9.78. The van der Waals surface area contributed by atoms with Crippen molar-refractivity contribution in [1.29, 1.82) is 0 Å². The number of nitrogens with one attached hydrogen (secondary N) is 1. The van der Waals surface area contributed by atoms with Gasteiger partial charge in [0.05, 0.1) is 5.41 Å².